The first-order valence-corrected chi connectivity index (χ1v) is 8.15. The summed E-state index contributed by atoms with van der Waals surface area (Å²) in [6.45, 7) is 1.94. The van der Waals surface area contributed by atoms with Crippen molar-refractivity contribution in [1.82, 2.24) is 0 Å². The largest absolute Gasteiger partial charge is 0.460 e. The molecule has 22 heavy (non-hydrogen) atoms. The van der Waals surface area contributed by atoms with Gasteiger partial charge in [-0.05, 0) is 36.8 Å². The van der Waals surface area contributed by atoms with E-state index >= 15 is 0 Å². The molecule has 6 heteroatoms. The van der Waals surface area contributed by atoms with Crippen molar-refractivity contribution in [3.8, 4) is 0 Å². The number of thiophene rings is 1. The highest BCUT2D eigenvalue weighted by Crippen LogP contribution is 2.44. The molecule has 0 amide bonds. The van der Waals surface area contributed by atoms with E-state index in [1.54, 1.807) is 18.3 Å². The molecule has 0 saturated carbocycles. The average Bonchev–Trinajstić information content (AvgIpc) is 3.01. The Morgan fingerprint density at radius 3 is 3.00 bits per heavy atom. The molecule has 1 aromatic rings. The van der Waals surface area contributed by atoms with Gasteiger partial charge in [0.25, 0.3) is 0 Å². The number of allylic oxidation sites excluding steroid dienone is 2. The van der Waals surface area contributed by atoms with Gasteiger partial charge in [0.1, 0.15) is 0 Å². The van der Waals surface area contributed by atoms with Gasteiger partial charge in [-0.1, -0.05) is 6.07 Å². The van der Waals surface area contributed by atoms with Crippen LogP contribution in [0.15, 0.2) is 40.3 Å². The van der Waals surface area contributed by atoms with E-state index in [-0.39, 0.29) is 29.8 Å². The molecule has 3 rings (SSSR count). The van der Waals surface area contributed by atoms with E-state index in [9.17, 15) is 9.59 Å². The Hall–Kier alpha value is -2.08. The molecule has 1 aliphatic carbocycles. The van der Waals surface area contributed by atoms with Gasteiger partial charge in [0.2, 0.25) is 5.76 Å². The van der Waals surface area contributed by atoms with Crippen molar-refractivity contribution in [2.24, 2.45) is 5.73 Å². The third-order valence-corrected chi connectivity index (χ3v) is 4.75. The summed E-state index contributed by atoms with van der Waals surface area (Å²) in [6.07, 6.45) is 1.97. The van der Waals surface area contributed by atoms with Crippen LogP contribution >= 0.6 is 11.3 Å². The Bertz CT molecular complexity index is 672. The molecule has 2 heterocycles. The summed E-state index contributed by atoms with van der Waals surface area (Å²) in [4.78, 5) is 25.3. The number of nitrogens with two attached hydrogens (primary N) is 1. The first-order chi connectivity index (χ1) is 10.6. The zero-order chi connectivity index (χ0) is 15.7. The Morgan fingerprint density at radius 1 is 1.50 bits per heavy atom. The maximum absolute atomic E-state index is 12.2. The van der Waals surface area contributed by atoms with Crippen molar-refractivity contribution >= 4 is 23.1 Å². The molecule has 1 aromatic heterocycles. The zero-order valence-corrected chi connectivity index (χ0v) is 13.1. The van der Waals surface area contributed by atoms with Crippen molar-refractivity contribution in [2.75, 3.05) is 6.61 Å². The summed E-state index contributed by atoms with van der Waals surface area (Å²) in [5.74, 6) is -0.729. The van der Waals surface area contributed by atoms with Crippen LogP contribution in [-0.4, -0.2) is 18.4 Å². The molecule has 1 atom stereocenters. The highest BCUT2D eigenvalue weighted by Gasteiger charge is 2.39. The second kappa shape index (κ2) is 5.96. The van der Waals surface area contributed by atoms with Gasteiger partial charge in [0, 0.05) is 11.3 Å². The molecule has 2 N–H and O–H groups in total. The predicted molar refractivity (Wildman–Crippen MR) is 81.9 cm³/mol. The van der Waals surface area contributed by atoms with Gasteiger partial charge in [-0.15, -0.1) is 11.3 Å². The van der Waals surface area contributed by atoms with Crippen LogP contribution in [0.5, 0.6) is 0 Å². The minimum Gasteiger partial charge on any atom is -0.460 e. The van der Waals surface area contributed by atoms with Crippen LogP contribution in [0.2, 0.25) is 0 Å². The Labute approximate surface area is 132 Å². The first-order valence-electron chi connectivity index (χ1n) is 7.27. The van der Waals surface area contributed by atoms with Crippen molar-refractivity contribution in [3.63, 3.8) is 0 Å². The highest BCUT2D eigenvalue weighted by atomic mass is 32.1. The number of rotatable bonds is 3. The quantitative estimate of drug-likeness (QED) is 0.866. The van der Waals surface area contributed by atoms with Crippen molar-refractivity contribution in [2.45, 2.75) is 32.1 Å². The topological polar surface area (TPSA) is 78.6 Å². The molecule has 1 aliphatic heterocycles. The van der Waals surface area contributed by atoms with Crippen LogP contribution in [0.4, 0.5) is 0 Å². The second-order valence-corrected chi connectivity index (χ2v) is 6.17. The zero-order valence-electron chi connectivity index (χ0n) is 12.3. The van der Waals surface area contributed by atoms with Crippen LogP contribution in [0.1, 0.15) is 37.0 Å². The number of carbonyl (C=O) groups is 2. The lowest BCUT2D eigenvalue weighted by atomic mass is 9.82. The van der Waals surface area contributed by atoms with E-state index in [0.29, 0.717) is 12.1 Å². The Morgan fingerprint density at radius 2 is 2.32 bits per heavy atom. The van der Waals surface area contributed by atoms with E-state index in [4.69, 9.17) is 15.2 Å². The van der Waals surface area contributed by atoms with Crippen LogP contribution in [0.25, 0.3) is 0 Å². The summed E-state index contributed by atoms with van der Waals surface area (Å²) in [6, 6.07) is 3.89. The molecule has 116 valence electrons. The summed E-state index contributed by atoms with van der Waals surface area (Å²) < 4.78 is 10.6. The van der Waals surface area contributed by atoms with E-state index in [0.717, 1.165) is 23.3 Å². The number of hydrogen-bond donors (Lipinski definition) is 1. The number of ketones is 1. The normalized spacial score (nSPS) is 21.5. The van der Waals surface area contributed by atoms with E-state index in [1.165, 1.54) is 0 Å². The fourth-order valence-electron chi connectivity index (χ4n) is 2.86. The van der Waals surface area contributed by atoms with Crippen molar-refractivity contribution in [1.29, 1.82) is 0 Å². The minimum absolute atomic E-state index is 0.0470. The van der Waals surface area contributed by atoms with Gasteiger partial charge in [0.15, 0.2) is 11.5 Å². The third-order valence-electron chi connectivity index (χ3n) is 3.81. The van der Waals surface area contributed by atoms with Gasteiger partial charge < -0.3 is 15.2 Å². The lowest BCUT2D eigenvalue weighted by Crippen LogP contribution is -2.30. The summed E-state index contributed by atoms with van der Waals surface area (Å²) >= 11 is 1.55. The molecule has 0 bridgehead atoms. The molecule has 0 radical (unpaired) electrons. The molecular formula is C16H17NO4S. The standard InChI is InChI=1S/C16H17NO4S/c1-2-20-16(19)15-13(17)12(11-7-4-8-22-11)9-5-3-6-10(18)14(9)21-15/h4,7-8,12H,2-3,5-6,17H2,1H3. The van der Waals surface area contributed by atoms with Gasteiger partial charge in [-0.3, -0.25) is 4.79 Å². The van der Waals surface area contributed by atoms with Gasteiger partial charge in [-0.25, -0.2) is 4.79 Å². The van der Waals surface area contributed by atoms with E-state index in [1.807, 2.05) is 17.5 Å². The predicted octanol–water partition coefficient (Wildman–Crippen LogP) is 2.60. The highest BCUT2D eigenvalue weighted by molar-refractivity contribution is 7.10. The van der Waals surface area contributed by atoms with Gasteiger partial charge in [0.05, 0.1) is 18.2 Å². The SMILES string of the molecule is CCOC(=O)C1=C(N)C(c2cccs2)C2=C(O1)C(=O)CCC2. The maximum atomic E-state index is 12.2. The van der Waals surface area contributed by atoms with Crippen LogP contribution in [0, 0.1) is 0 Å². The summed E-state index contributed by atoms with van der Waals surface area (Å²) in [5.41, 5.74) is 7.42. The van der Waals surface area contributed by atoms with Crippen LogP contribution in [0.3, 0.4) is 0 Å². The third kappa shape index (κ3) is 2.43. The van der Waals surface area contributed by atoms with E-state index < -0.39 is 5.97 Å². The molecule has 2 aliphatic rings. The number of ether oxygens (including phenoxy) is 2. The Balaban J connectivity index is 2.09. The fourth-order valence-corrected chi connectivity index (χ4v) is 3.74. The molecule has 0 saturated heterocycles. The van der Waals surface area contributed by atoms with Crippen molar-refractivity contribution in [3.05, 3.63) is 45.2 Å². The lowest BCUT2D eigenvalue weighted by molar-refractivity contribution is -0.142. The smallest absolute Gasteiger partial charge is 0.376 e. The molecule has 0 aromatic carbocycles. The number of esters is 1. The molecule has 0 fully saturated rings. The first kappa shape index (κ1) is 14.8. The molecular weight excluding hydrogens is 302 g/mol. The monoisotopic (exact) mass is 319 g/mol. The van der Waals surface area contributed by atoms with Gasteiger partial charge >= 0.3 is 5.97 Å². The fraction of sp³-hybridized carbons (Fsp3) is 0.375. The van der Waals surface area contributed by atoms with Crippen LogP contribution in [-0.2, 0) is 19.1 Å². The summed E-state index contributed by atoms with van der Waals surface area (Å²) in [5, 5.41) is 1.95. The number of Topliss-reactive ketones (excluding diaryl/α,β-unsaturated/α-hetero) is 1. The van der Waals surface area contributed by atoms with Crippen LogP contribution < -0.4 is 5.73 Å². The summed E-state index contributed by atoms with van der Waals surface area (Å²) in [7, 11) is 0. The van der Waals surface area contributed by atoms with E-state index in [2.05, 4.69) is 0 Å². The molecule has 5 nitrogen and oxygen atoms in total. The number of hydrogen-bond acceptors (Lipinski definition) is 6. The van der Waals surface area contributed by atoms with Crippen molar-refractivity contribution < 1.29 is 19.1 Å². The Kier molecular flexibility index (Phi) is 4.02. The second-order valence-electron chi connectivity index (χ2n) is 5.19. The molecule has 0 spiro atoms. The lowest BCUT2D eigenvalue weighted by Gasteiger charge is -2.31. The maximum Gasteiger partial charge on any atom is 0.376 e. The number of carbonyl (C=O) groups excluding carboxylic acids is 2. The van der Waals surface area contributed by atoms with Gasteiger partial charge in [-0.2, -0.15) is 0 Å². The average molecular weight is 319 g/mol. The minimum atomic E-state index is -0.619. The molecule has 1 unspecified atom stereocenters.